The number of likely N-dealkylation sites (tertiary alicyclic amines) is 1. The number of rotatable bonds is 3. The van der Waals surface area contributed by atoms with Crippen LogP contribution in [0.1, 0.15) is 25.3 Å². The van der Waals surface area contributed by atoms with E-state index < -0.39 is 0 Å². The van der Waals surface area contributed by atoms with E-state index in [4.69, 9.17) is 9.47 Å². The normalized spacial score (nSPS) is 19.3. The summed E-state index contributed by atoms with van der Waals surface area (Å²) in [5, 5.41) is 3.01. The SMILES string of the molecule is CC(=O)NC1CCN(Cc2cccc3c2OCCO3)CC1. The van der Waals surface area contributed by atoms with Crippen molar-refractivity contribution in [2.45, 2.75) is 32.4 Å². The maximum Gasteiger partial charge on any atom is 0.217 e. The number of fused-ring (bicyclic) bond motifs is 1. The molecule has 21 heavy (non-hydrogen) atoms. The molecule has 2 aliphatic heterocycles. The number of nitrogens with one attached hydrogen (secondary N) is 1. The summed E-state index contributed by atoms with van der Waals surface area (Å²) in [5.74, 6) is 1.82. The zero-order valence-corrected chi connectivity index (χ0v) is 12.4. The number of piperidine rings is 1. The molecule has 1 amide bonds. The van der Waals surface area contributed by atoms with Crippen LogP contribution in [0.3, 0.4) is 0 Å². The quantitative estimate of drug-likeness (QED) is 0.918. The molecular weight excluding hydrogens is 268 g/mol. The van der Waals surface area contributed by atoms with Gasteiger partial charge in [0.2, 0.25) is 5.91 Å². The Labute approximate surface area is 125 Å². The van der Waals surface area contributed by atoms with Gasteiger partial charge in [0.1, 0.15) is 13.2 Å². The van der Waals surface area contributed by atoms with Crippen molar-refractivity contribution in [3.05, 3.63) is 23.8 Å². The third kappa shape index (κ3) is 3.47. The highest BCUT2D eigenvalue weighted by Gasteiger charge is 2.22. The molecule has 0 aromatic heterocycles. The Morgan fingerprint density at radius 2 is 2.05 bits per heavy atom. The number of benzene rings is 1. The average molecular weight is 290 g/mol. The van der Waals surface area contributed by atoms with Gasteiger partial charge < -0.3 is 14.8 Å². The third-order valence-electron chi connectivity index (χ3n) is 4.04. The standard InChI is InChI=1S/C16H22N2O3/c1-12(19)17-14-5-7-18(8-6-14)11-13-3-2-4-15-16(13)21-10-9-20-15/h2-4,14H,5-11H2,1H3,(H,17,19). The predicted molar refractivity (Wildman–Crippen MR) is 79.5 cm³/mol. The summed E-state index contributed by atoms with van der Waals surface area (Å²) in [5.41, 5.74) is 1.19. The summed E-state index contributed by atoms with van der Waals surface area (Å²) in [6.07, 6.45) is 2.01. The van der Waals surface area contributed by atoms with Gasteiger partial charge in [-0.1, -0.05) is 12.1 Å². The maximum absolute atomic E-state index is 11.1. The summed E-state index contributed by atoms with van der Waals surface area (Å²) in [6.45, 7) is 5.69. The molecule has 1 fully saturated rings. The molecule has 1 saturated heterocycles. The highest BCUT2D eigenvalue weighted by Crippen LogP contribution is 2.34. The fourth-order valence-corrected chi connectivity index (χ4v) is 3.02. The first kappa shape index (κ1) is 14.2. The largest absolute Gasteiger partial charge is 0.486 e. The van der Waals surface area contributed by atoms with Gasteiger partial charge in [0.25, 0.3) is 0 Å². The molecule has 0 radical (unpaired) electrons. The molecule has 1 N–H and O–H groups in total. The van der Waals surface area contributed by atoms with Crippen molar-refractivity contribution in [3.8, 4) is 11.5 Å². The molecule has 5 heteroatoms. The smallest absolute Gasteiger partial charge is 0.217 e. The molecule has 0 spiro atoms. The number of carbonyl (C=O) groups excluding carboxylic acids is 1. The van der Waals surface area contributed by atoms with Gasteiger partial charge in [-0.05, 0) is 18.9 Å². The van der Waals surface area contributed by atoms with E-state index in [0.29, 0.717) is 19.3 Å². The molecule has 1 aromatic rings. The number of para-hydroxylation sites is 1. The van der Waals surface area contributed by atoms with E-state index in [2.05, 4.69) is 16.3 Å². The van der Waals surface area contributed by atoms with E-state index in [1.165, 1.54) is 5.56 Å². The molecule has 0 atom stereocenters. The first-order chi connectivity index (χ1) is 10.2. The van der Waals surface area contributed by atoms with E-state index in [1.54, 1.807) is 6.92 Å². The molecule has 1 aromatic carbocycles. The summed E-state index contributed by atoms with van der Waals surface area (Å²) >= 11 is 0. The Balaban J connectivity index is 1.60. The molecule has 2 aliphatic rings. The van der Waals surface area contributed by atoms with Crippen molar-refractivity contribution in [2.24, 2.45) is 0 Å². The van der Waals surface area contributed by atoms with E-state index in [0.717, 1.165) is 44.0 Å². The van der Waals surface area contributed by atoms with E-state index in [-0.39, 0.29) is 5.91 Å². The Hall–Kier alpha value is -1.75. The third-order valence-corrected chi connectivity index (χ3v) is 4.04. The molecule has 0 aliphatic carbocycles. The van der Waals surface area contributed by atoms with Crippen LogP contribution in [-0.2, 0) is 11.3 Å². The molecule has 114 valence electrons. The lowest BCUT2D eigenvalue weighted by atomic mass is 10.0. The van der Waals surface area contributed by atoms with Gasteiger partial charge in [-0.25, -0.2) is 0 Å². The van der Waals surface area contributed by atoms with Crippen molar-refractivity contribution >= 4 is 5.91 Å². The summed E-state index contributed by atoms with van der Waals surface area (Å²) in [7, 11) is 0. The fraction of sp³-hybridized carbons (Fsp3) is 0.562. The van der Waals surface area contributed by atoms with Crippen LogP contribution in [0.25, 0.3) is 0 Å². The summed E-state index contributed by atoms with van der Waals surface area (Å²) in [6, 6.07) is 6.41. The summed E-state index contributed by atoms with van der Waals surface area (Å²) in [4.78, 5) is 13.5. The van der Waals surface area contributed by atoms with Gasteiger partial charge in [0, 0.05) is 38.2 Å². The Bertz CT molecular complexity index is 510. The van der Waals surface area contributed by atoms with Crippen molar-refractivity contribution in [3.63, 3.8) is 0 Å². The molecule has 0 bridgehead atoms. The second kappa shape index (κ2) is 6.35. The fourth-order valence-electron chi connectivity index (χ4n) is 3.02. The molecule has 3 rings (SSSR count). The lowest BCUT2D eigenvalue weighted by Gasteiger charge is -2.33. The van der Waals surface area contributed by atoms with Gasteiger partial charge in [0.15, 0.2) is 11.5 Å². The first-order valence-corrected chi connectivity index (χ1v) is 7.59. The van der Waals surface area contributed by atoms with Crippen LogP contribution < -0.4 is 14.8 Å². The zero-order chi connectivity index (χ0) is 14.7. The first-order valence-electron chi connectivity index (χ1n) is 7.59. The minimum absolute atomic E-state index is 0.0659. The number of nitrogens with zero attached hydrogens (tertiary/aromatic N) is 1. The van der Waals surface area contributed by atoms with Crippen LogP contribution in [0.15, 0.2) is 18.2 Å². The molecule has 5 nitrogen and oxygen atoms in total. The van der Waals surface area contributed by atoms with E-state index in [1.807, 2.05) is 12.1 Å². The van der Waals surface area contributed by atoms with Crippen molar-refractivity contribution < 1.29 is 14.3 Å². The van der Waals surface area contributed by atoms with E-state index >= 15 is 0 Å². The van der Waals surface area contributed by atoms with Gasteiger partial charge in [-0.3, -0.25) is 9.69 Å². The number of ether oxygens (including phenoxy) is 2. The van der Waals surface area contributed by atoms with Crippen LogP contribution in [0, 0.1) is 0 Å². The van der Waals surface area contributed by atoms with Gasteiger partial charge in [-0.2, -0.15) is 0 Å². The van der Waals surface area contributed by atoms with Crippen molar-refractivity contribution in [2.75, 3.05) is 26.3 Å². The topological polar surface area (TPSA) is 50.8 Å². The predicted octanol–water partition coefficient (Wildman–Crippen LogP) is 1.56. The molecule has 2 heterocycles. The Morgan fingerprint density at radius 1 is 1.29 bits per heavy atom. The van der Waals surface area contributed by atoms with Gasteiger partial charge >= 0.3 is 0 Å². The van der Waals surface area contributed by atoms with Crippen molar-refractivity contribution in [1.82, 2.24) is 10.2 Å². The minimum Gasteiger partial charge on any atom is -0.486 e. The van der Waals surface area contributed by atoms with Crippen LogP contribution in [0.2, 0.25) is 0 Å². The van der Waals surface area contributed by atoms with Crippen LogP contribution >= 0.6 is 0 Å². The lowest BCUT2D eigenvalue weighted by Crippen LogP contribution is -2.43. The van der Waals surface area contributed by atoms with E-state index in [9.17, 15) is 4.79 Å². The number of carbonyl (C=O) groups is 1. The summed E-state index contributed by atoms with van der Waals surface area (Å²) < 4.78 is 11.4. The molecule has 0 unspecified atom stereocenters. The monoisotopic (exact) mass is 290 g/mol. The Kier molecular flexibility index (Phi) is 4.29. The number of amides is 1. The number of hydrogen-bond donors (Lipinski definition) is 1. The van der Waals surface area contributed by atoms with Crippen molar-refractivity contribution in [1.29, 1.82) is 0 Å². The maximum atomic E-state index is 11.1. The number of hydrogen-bond acceptors (Lipinski definition) is 4. The molecular formula is C16H22N2O3. The second-order valence-corrected chi connectivity index (χ2v) is 5.69. The highest BCUT2D eigenvalue weighted by molar-refractivity contribution is 5.73. The zero-order valence-electron chi connectivity index (χ0n) is 12.4. The second-order valence-electron chi connectivity index (χ2n) is 5.69. The van der Waals surface area contributed by atoms with Gasteiger partial charge in [0.05, 0.1) is 0 Å². The average Bonchev–Trinajstić information content (AvgIpc) is 2.49. The Morgan fingerprint density at radius 3 is 2.81 bits per heavy atom. The highest BCUT2D eigenvalue weighted by atomic mass is 16.6. The van der Waals surface area contributed by atoms with Crippen LogP contribution in [-0.4, -0.2) is 43.2 Å². The lowest BCUT2D eigenvalue weighted by molar-refractivity contribution is -0.119. The minimum atomic E-state index is 0.0659. The van der Waals surface area contributed by atoms with Crippen LogP contribution in [0.4, 0.5) is 0 Å². The van der Waals surface area contributed by atoms with Crippen LogP contribution in [0.5, 0.6) is 11.5 Å². The molecule has 0 saturated carbocycles. The van der Waals surface area contributed by atoms with Gasteiger partial charge in [-0.15, -0.1) is 0 Å².